The summed E-state index contributed by atoms with van der Waals surface area (Å²) in [6.45, 7) is 2.15. The van der Waals surface area contributed by atoms with Crippen LogP contribution in [0.4, 0.5) is 5.69 Å². The van der Waals surface area contributed by atoms with Crippen molar-refractivity contribution in [3.8, 4) is 0 Å². The first-order valence-electron chi connectivity index (χ1n) is 9.28. The molecule has 0 aromatic heterocycles. The predicted molar refractivity (Wildman–Crippen MR) is 126 cm³/mol. The molecule has 0 saturated carbocycles. The van der Waals surface area contributed by atoms with Crippen molar-refractivity contribution in [2.45, 2.75) is 13.5 Å². The molecule has 3 aromatic carbocycles. The lowest BCUT2D eigenvalue weighted by atomic mass is 10.1. The molecule has 4 nitrogen and oxygen atoms in total. The summed E-state index contributed by atoms with van der Waals surface area (Å²) in [5, 5.41) is 1.56. The van der Waals surface area contributed by atoms with Crippen LogP contribution in [0.5, 0.6) is 0 Å². The maximum Gasteiger partial charge on any atom is 0.338 e. The van der Waals surface area contributed by atoms with Gasteiger partial charge in [0.2, 0.25) is 0 Å². The van der Waals surface area contributed by atoms with E-state index in [1.165, 1.54) is 11.0 Å². The molecule has 0 unspecified atom stereocenters. The van der Waals surface area contributed by atoms with E-state index < -0.39 is 5.97 Å². The van der Waals surface area contributed by atoms with Crippen LogP contribution in [0, 0.1) is 0 Å². The third kappa shape index (κ3) is 5.72. The van der Waals surface area contributed by atoms with Gasteiger partial charge in [-0.1, -0.05) is 52.5 Å². The highest BCUT2D eigenvalue weighted by atomic mass is 35.5. The Labute approximate surface area is 200 Å². The molecule has 0 N–H and O–H groups in total. The van der Waals surface area contributed by atoms with Gasteiger partial charge in [-0.2, -0.15) is 0 Å². The minimum Gasteiger partial charge on any atom is -0.462 e. The molecule has 0 radical (unpaired) electrons. The second kappa shape index (κ2) is 10.4. The lowest BCUT2D eigenvalue weighted by Gasteiger charge is -2.24. The summed E-state index contributed by atoms with van der Waals surface area (Å²) in [6, 6.07) is 16.2. The fraction of sp³-hybridized carbons (Fsp3) is 0.130. The molecule has 0 fully saturated rings. The number of rotatable bonds is 6. The van der Waals surface area contributed by atoms with Gasteiger partial charge in [-0.3, -0.25) is 4.79 Å². The smallest absolute Gasteiger partial charge is 0.338 e. The first-order valence-corrected chi connectivity index (χ1v) is 10.8. The molecule has 0 spiro atoms. The molecular formula is C23H17Cl4NO3. The summed E-state index contributed by atoms with van der Waals surface area (Å²) in [5.74, 6) is -0.812. The molecule has 8 heteroatoms. The fourth-order valence-electron chi connectivity index (χ4n) is 2.90. The Morgan fingerprint density at radius 3 is 2.13 bits per heavy atom. The number of esters is 1. The molecule has 0 aliphatic heterocycles. The maximum absolute atomic E-state index is 13.4. The molecule has 3 rings (SSSR count). The third-order valence-corrected chi connectivity index (χ3v) is 5.59. The van der Waals surface area contributed by atoms with Crippen molar-refractivity contribution in [2.24, 2.45) is 0 Å². The molecule has 3 aromatic rings. The normalized spacial score (nSPS) is 10.6. The Bertz CT molecular complexity index is 1120. The molecule has 0 bridgehead atoms. The minimum atomic E-state index is -0.439. The Balaban J connectivity index is 2.02. The van der Waals surface area contributed by atoms with Gasteiger partial charge < -0.3 is 9.64 Å². The third-order valence-electron chi connectivity index (χ3n) is 4.44. The van der Waals surface area contributed by atoms with Crippen LogP contribution in [-0.2, 0) is 11.3 Å². The number of anilines is 1. The molecule has 160 valence electrons. The largest absolute Gasteiger partial charge is 0.462 e. The van der Waals surface area contributed by atoms with Gasteiger partial charge in [-0.05, 0) is 67.1 Å². The number of ether oxygens (including phenoxy) is 1. The molecule has 31 heavy (non-hydrogen) atoms. The summed E-state index contributed by atoms with van der Waals surface area (Å²) in [4.78, 5) is 26.9. The van der Waals surface area contributed by atoms with E-state index in [2.05, 4.69) is 0 Å². The van der Waals surface area contributed by atoms with Crippen molar-refractivity contribution in [1.29, 1.82) is 0 Å². The molecule has 0 aliphatic carbocycles. The summed E-state index contributed by atoms with van der Waals surface area (Å²) in [5.41, 5.74) is 1.85. The van der Waals surface area contributed by atoms with Gasteiger partial charge in [0.05, 0.1) is 29.3 Å². The second-order valence-electron chi connectivity index (χ2n) is 6.52. The molecule has 0 saturated heterocycles. The van der Waals surface area contributed by atoms with E-state index in [0.717, 1.165) is 0 Å². The first-order chi connectivity index (χ1) is 14.8. The van der Waals surface area contributed by atoms with Crippen LogP contribution in [0.15, 0.2) is 60.7 Å². The Hall–Kier alpha value is -2.24. The van der Waals surface area contributed by atoms with Crippen molar-refractivity contribution in [1.82, 2.24) is 0 Å². The zero-order chi connectivity index (χ0) is 22.5. The van der Waals surface area contributed by atoms with E-state index >= 15 is 0 Å². The first kappa shape index (κ1) is 23.4. The highest BCUT2D eigenvalue weighted by molar-refractivity contribution is 6.36. The summed E-state index contributed by atoms with van der Waals surface area (Å²) >= 11 is 24.7. The average molecular weight is 497 g/mol. The lowest BCUT2D eigenvalue weighted by molar-refractivity contribution is 0.0526. The van der Waals surface area contributed by atoms with Gasteiger partial charge in [0, 0.05) is 20.8 Å². The number of hydrogen-bond donors (Lipinski definition) is 0. The lowest BCUT2D eigenvalue weighted by Crippen LogP contribution is -2.31. The van der Waals surface area contributed by atoms with Crippen molar-refractivity contribution < 1.29 is 14.3 Å². The van der Waals surface area contributed by atoms with Gasteiger partial charge in [-0.25, -0.2) is 4.79 Å². The Kier molecular flexibility index (Phi) is 7.84. The second-order valence-corrected chi connectivity index (χ2v) is 8.21. The summed E-state index contributed by atoms with van der Waals surface area (Å²) < 4.78 is 5.02. The summed E-state index contributed by atoms with van der Waals surface area (Å²) in [7, 11) is 0. The number of benzene rings is 3. The standard InChI is InChI=1S/C23H17Cl4NO3/c1-2-31-23(30)14-4-8-18(9-5-14)28(13-15-3-6-17(25)12-21(15)27)22(29)19-11-16(24)7-10-20(19)26/h3-12H,2,13H2,1H3. The van der Waals surface area contributed by atoms with Crippen molar-refractivity contribution in [3.05, 3.63) is 97.4 Å². The van der Waals surface area contributed by atoms with Crippen LogP contribution < -0.4 is 4.90 Å². The van der Waals surface area contributed by atoms with Gasteiger partial charge >= 0.3 is 5.97 Å². The van der Waals surface area contributed by atoms with Gasteiger partial charge in [0.1, 0.15) is 0 Å². The maximum atomic E-state index is 13.4. The zero-order valence-corrected chi connectivity index (χ0v) is 19.4. The SMILES string of the molecule is CCOC(=O)c1ccc(N(Cc2ccc(Cl)cc2Cl)C(=O)c2cc(Cl)ccc2Cl)cc1. The van der Waals surface area contributed by atoms with E-state index in [1.54, 1.807) is 61.5 Å². The quantitative estimate of drug-likeness (QED) is 0.335. The highest BCUT2D eigenvalue weighted by Crippen LogP contribution is 2.29. The number of nitrogens with zero attached hydrogens (tertiary/aromatic N) is 1. The molecule has 0 atom stereocenters. The number of halogens is 4. The highest BCUT2D eigenvalue weighted by Gasteiger charge is 2.22. The number of carbonyl (C=O) groups excluding carboxylic acids is 2. The number of carbonyl (C=O) groups is 2. The molecule has 0 heterocycles. The van der Waals surface area contributed by atoms with Crippen molar-refractivity contribution in [3.63, 3.8) is 0 Å². The summed E-state index contributed by atoms with van der Waals surface area (Å²) in [6.07, 6.45) is 0. The van der Waals surface area contributed by atoms with Crippen LogP contribution in [0.3, 0.4) is 0 Å². The van der Waals surface area contributed by atoms with Crippen LogP contribution >= 0.6 is 46.4 Å². The molecular weight excluding hydrogens is 480 g/mol. The minimum absolute atomic E-state index is 0.149. The van der Waals surface area contributed by atoms with Crippen molar-refractivity contribution in [2.75, 3.05) is 11.5 Å². The van der Waals surface area contributed by atoms with Gasteiger partial charge in [0.25, 0.3) is 5.91 Å². The number of amides is 1. The van der Waals surface area contributed by atoms with E-state index in [-0.39, 0.29) is 29.6 Å². The Morgan fingerprint density at radius 2 is 1.48 bits per heavy atom. The average Bonchev–Trinajstić information content (AvgIpc) is 2.75. The molecule has 0 aliphatic rings. The van der Waals surface area contributed by atoms with Crippen molar-refractivity contribution >= 4 is 64.0 Å². The van der Waals surface area contributed by atoms with E-state index in [0.29, 0.717) is 31.9 Å². The van der Waals surface area contributed by atoms with Crippen LogP contribution in [0.2, 0.25) is 20.1 Å². The van der Waals surface area contributed by atoms with Crippen LogP contribution in [0.1, 0.15) is 33.2 Å². The Morgan fingerprint density at radius 1 is 0.839 bits per heavy atom. The zero-order valence-electron chi connectivity index (χ0n) is 16.4. The monoisotopic (exact) mass is 495 g/mol. The molecule has 1 amide bonds. The van der Waals surface area contributed by atoms with Crippen LogP contribution in [-0.4, -0.2) is 18.5 Å². The van der Waals surface area contributed by atoms with E-state index in [9.17, 15) is 9.59 Å². The van der Waals surface area contributed by atoms with E-state index in [4.69, 9.17) is 51.1 Å². The fourth-order valence-corrected chi connectivity index (χ4v) is 3.74. The van der Waals surface area contributed by atoms with Gasteiger partial charge in [-0.15, -0.1) is 0 Å². The predicted octanol–water partition coefficient (Wildman–Crippen LogP) is 7.32. The topological polar surface area (TPSA) is 46.6 Å². The van der Waals surface area contributed by atoms with E-state index in [1.807, 2.05) is 0 Å². The van der Waals surface area contributed by atoms with Gasteiger partial charge in [0.15, 0.2) is 0 Å². The van der Waals surface area contributed by atoms with Crippen LogP contribution in [0.25, 0.3) is 0 Å². The number of hydrogen-bond acceptors (Lipinski definition) is 3.